The number of epoxide rings is 1. The van der Waals surface area contributed by atoms with Crippen LogP contribution in [0.1, 0.15) is 46.0 Å². The molecule has 14 atom stereocenters. The number of allylic oxidation sites excluding steroid dienone is 6. The second kappa shape index (κ2) is 16.6. The van der Waals surface area contributed by atoms with Crippen molar-refractivity contribution in [3.63, 3.8) is 0 Å². The molecule has 0 aromatic carbocycles. The van der Waals surface area contributed by atoms with Crippen molar-refractivity contribution in [1.82, 2.24) is 0 Å². The lowest BCUT2D eigenvalue weighted by Gasteiger charge is -2.45. The average molecular weight is 666 g/mol. The van der Waals surface area contributed by atoms with Crippen molar-refractivity contribution in [2.24, 2.45) is 11.7 Å². The molecule has 4 aliphatic rings. The largest absolute Gasteiger partial charge is 0.481 e. The highest BCUT2D eigenvalue weighted by atomic mass is 16.7. The summed E-state index contributed by atoms with van der Waals surface area (Å²) in [7, 11) is 0. The number of nitrogens with two attached hydrogens (primary N) is 1. The van der Waals surface area contributed by atoms with Gasteiger partial charge in [-0.05, 0) is 19.9 Å². The summed E-state index contributed by atoms with van der Waals surface area (Å²) in [5.41, 5.74) is 5.98. The van der Waals surface area contributed by atoms with Crippen molar-refractivity contribution in [1.29, 1.82) is 0 Å². The van der Waals surface area contributed by atoms with Gasteiger partial charge in [0.05, 0.1) is 48.8 Å². The van der Waals surface area contributed by atoms with E-state index in [1.165, 1.54) is 12.2 Å². The highest BCUT2D eigenvalue weighted by molar-refractivity contribution is 5.82. The Kier molecular flexibility index (Phi) is 13.1. The SMILES string of the molecule is C[C@@H]1CC=CC=CC=CC=C[C@H](O[C@@H]2O[C@H](C)[C@H](O)[C@H](N)[C@@H]2O)C[C@H]2O[C@@](O)(C[C@H](O)C[C@@H]3O[C@@H]3C=CC(=O)O1)C[C@H](O)[C@H]2C(=O)O. The second-order valence-corrected chi connectivity index (χ2v) is 12.6. The van der Waals surface area contributed by atoms with Crippen LogP contribution in [0, 0.1) is 5.92 Å². The van der Waals surface area contributed by atoms with Crippen molar-refractivity contribution in [3.8, 4) is 0 Å². The van der Waals surface area contributed by atoms with Crippen LogP contribution in [0.2, 0.25) is 0 Å². The molecule has 4 rings (SSSR count). The third kappa shape index (κ3) is 10.6. The van der Waals surface area contributed by atoms with Gasteiger partial charge in [-0.2, -0.15) is 0 Å². The molecule has 0 aromatic rings. The number of aliphatic hydroxyl groups is 5. The van der Waals surface area contributed by atoms with Gasteiger partial charge < -0.3 is 60.1 Å². The molecule has 0 spiro atoms. The normalized spacial score (nSPS) is 43.8. The molecule has 3 fully saturated rings. The Hall–Kier alpha value is -2.76. The smallest absolute Gasteiger partial charge is 0.330 e. The van der Waals surface area contributed by atoms with Gasteiger partial charge in [-0.3, -0.25) is 4.79 Å². The van der Waals surface area contributed by atoms with E-state index in [4.69, 9.17) is 29.4 Å². The van der Waals surface area contributed by atoms with Crippen molar-refractivity contribution >= 4 is 11.9 Å². The molecule has 14 heteroatoms. The van der Waals surface area contributed by atoms with Gasteiger partial charge in [-0.1, -0.05) is 48.6 Å². The maximum atomic E-state index is 12.3. The maximum Gasteiger partial charge on any atom is 0.330 e. The highest BCUT2D eigenvalue weighted by Crippen LogP contribution is 2.39. The Morgan fingerprint density at radius 1 is 0.936 bits per heavy atom. The first-order valence-corrected chi connectivity index (χ1v) is 15.9. The van der Waals surface area contributed by atoms with E-state index < -0.39 is 97.3 Å². The standard InChI is InChI=1S/C33H47NO13/c1-18-10-8-6-4-3-5-7-9-11-21(45-32-30(39)28(34)29(38)19(2)44-32)15-25-27(31(40)41)22(36)17-33(42,47-25)16-20(35)14-24-23(46-24)12-13-26(37)43-18/h3-9,11-13,18-25,27-30,32,35-36,38-39,42H,10,14-17,34H2,1-2H3,(H,40,41)/t18-,19-,20-,21+,22+,23-,24+,25-,27-,28+,29+,30+,32+,33+/m1/s1. The zero-order chi connectivity index (χ0) is 34.3. The summed E-state index contributed by atoms with van der Waals surface area (Å²) in [6, 6.07) is -1.08. The van der Waals surface area contributed by atoms with Gasteiger partial charge in [0.1, 0.15) is 24.2 Å². The number of rotatable bonds is 3. The molecule has 14 nitrogen and oxygen atoms in total. The number of esters is 1. The fourth-order valence-electron chi connectivity index (χ4n) is 6.00. The number of aliphatic hydroxyl groups excluding tert-OH is 4. The van der Waals surface area contributed by atoms with Crippen LogP contribution in [0.3, 0.4) is 0 Å². The van der Waals surface area contributed by atoms with Gasteiger partial charge in [-0.15, -0.1) is 0 Å². The van der Waals surface area contributed by atoms with Crippen molar-refractivity contribution in [2.75, 3.05) is 0 Å². The van der Waals surface area contributed by atoms with Gasteiger partial charge in [0.15, 0.2) is 12.1 Å². The third-order valence-corrected chi connectivity index (χ3v) is 8.58. The summed E-state index contributed by atoms with van der Waals surface area (Å²) in [5.74, 6) is -5.45. The molecule has 0 unspecified atom stereocenters. The lowest BCUT2D eigenvalue weighted by molar-refractivity contribution is -0.308. The minimum absolute atomic E-state index is 0.0789. The molecule has 4 aliphatic heterocycles. The molecule has 0 amide bonds. The average Bonchev–Trinajstić information content (AvgIpc) is 3.72. The fourth-order valence-corrected chi connectivity index (χ4v) is 6.00. The maximum absolute atomic E-state index is 12.3. The van der Waals surface area contributed by atoms with E-state index in [0.717, 1.165) is 0 Å². The van der Waals surface area contributed by atoms with Crippen LogP contribution in [0.25, 0.3) is 0 Å². The monoisotopic (exact) mass is 665 g/mol. The second-order valence-electron chi connectivity index (χ2n) is 12.6. The minimum atomic E-state index is -2.10. The van der Waals surface area contributed by atoms with Crippen LogP contribution in [0.15, 0.2) is 60.8 Å². The number of hydrogen-bond donors (Lipinski definition) is 7. The number of carboxylic acid groups (broad SMARTS) is 1. The van der Waals surface area contributed by atoms with Crippen molar-refractivity contribution in [3.05, 3.63) is 60.8 Å². The van der Waals surface area contributed by atoms with Crippen LogP contribution >= 0.6 is 0 Å². The molecule has 0 radical (unpaired) electrons. The Balaban J connectivity index is 1.58. The summed E-state index contributed by atoms with van der Waals surface area (Å²) < 4.78 is 28.5. The fraction of sp³-hybridized carbons (Fsp3) is 0.636. The molecule has 3 saturated heterocycles. The molecule has 47 heavy (non-hydrogen) atoms. The number of ether oxygens (including phenoxy) is 5. The van der Waals surface area contributed by atoms with Crippen LogP contribution in [-0.2, 0) is 33.3 Å². The Morgan fingerprint density at radius 2 is 1.64 bits per heavy atom. The first kappa shape index (κ1) is 37.1. The van der Waals surface area contributed by atoms with Gasteiger partial charge in [0, 0.05) is 38.2 Å². The highest BCUT2D eigenvalue weighted by Gasteiger charge is 2.51. The van der Waals surface area contributed by atoms with Crippen LogP contribution in [0.5, 0.6) is 0 Å². The lowest BCUT2D eigenvalue weighted by atomic mass is 9.83. The van der Waals surface area contributed by atoms with E-state index >= 15 is 0 Å². The van der Waals surface area contributed by atoms with Gasteiger partial charge in [-0.25, -0.2) is 4.79 Å². The van der Waals surface area contributed by atoms with E-state index in [1.54, 1.807) is 56.4 Å². The summed E-state index contributed by atoms with van der Waals surface area (Å²) >= 11 is 0. The summed E-state index contributed by atoms with van der Waals surface area (Å²) in [4.78, 5) is 24.4. The summed E-state index contributed by atoms with van der Waals surface area (Å²) in [5, 5.41) is 63.9. The first-order valence-electron chi connectivity index (χ1n) is 15.9. The summed E-state index contributed by atoms with van der Waals surface area (Å²) in [6.45, 7) is 3.34. The van der Waals surface area contributed by atoms with E-state index in [2.05, 4.69) is 0 Å². The molecule has 0 aliphatic carbocycles. The van der Waals surface area contributed by atoms with Gasteiger partial charge >= 0.3 is 11.9 Å². The quantitative estimate of drug-likeness (QED) is 0.157. The van der Waals surface area contributed by atoms with Gasteiger partial charge in [0.2, 0.25) is 0 Å². The zero-order valence-corrected chi connectivity index (χ0v) is 26.4. The molecule has 0 aromatic heterocycles. The predicted octanol–water partition coefficient (Wildman–Crippen LogP) is 0.120. The van der Waals surface area contributed by atoms with E-state index in [-0.39, 0.29) is 25.4 Å². The lowest BCUT2D eigenvalue weighted by Crippen LogP contribution is -2.61. The van der Waals surface area contributed by atoms with Crippen molar-refractivity contribution in [2.45, 2.75) is 125 Å². The number of hydrogen-bond acceptors (Lipinski definition) is 13. The molecule has 262 valence electrons. The van der Waals surface area contributed by atoms with Gasteiger partial charge in [0.25, 0.3) is 0 Å². The first-order chi connectivity index (χ1) is 22.3. The molecule has 2 bridgehead atoms. The zero-order valence-electron chi connectivity index (χ0n) is 26.4. The number of carbonyl (C=O) groups excluding carboxylic acids is 1. The number of cyclic esters (lactones) is 1. The summed E-state index contributed by atoms with van der Waals surface area (Å²) in [6.07, 6.45) is 5.25. The molecule has 8 N–H and O–H groups in total. The third-order valence-electron chi connectivity index (χ3n) is 8.58. The Bertz CT molecular complexity index is 1220. The van der Waals surface area contributed by atoms with Crippen molar-refractivity contribution < 1.29 is 63.9 Å². The minimum Gasteiger partial charge on any atom is -0.481 e. The molecule has 4 heterocycles. The van der Waals surface area contributed by atoms with Crippen LogP contribution in [0.4, 0.5) is 0 Å². The topological polar surface area (TPSA) is 231 Å². The number of aliphatic carboxylic acids is 1. The molecular weight excluding hydrogens is 618 g/mol. The Morgan fingerprint density at radius 3 is 2.36 bits per heavy atom. The number of carbonyl (C=O) groups is 2. The Labute approximate surface area is 273 Å². The van der Waals surface area contributed by atoms with Crippen LogP contribution in [-0.4, -0.2) is 122 Å². The van der Waals surface area contributed by atoms with E-state index in [0.29, 0.717) is 6.42 Å². The number of fused-ring (bicyclic) bond motifs is 3. The van der Waals surface area contributed by atoms with Crippen LogP contribution < -0.4 is 5.73 Å². The van der Waals surface area contributed by atoms with E-state index in [1.807, 2.05) is 6.08 Å². The predicted molar refractivity (Wildman–Crippen MR) is 165 cm³/mol. The van der Waals surface area contributed by atoms with E-state index in [9.17, 15) is 40.2 Å². The molecular formula is C33H47NO13. The molecule has 0 saturated carbocycles. The number of carboxylic acids is 1.